The third-order valence-corrected chi connectivity index (χ3v) is 10.4. The summed E-state index contributed by atoms with van der Waals surface area (Å²) in [6, 6.07) is 8.43. The molecule has 37 heavy (non-hydrogen) atoms. The van der Waals surface area contributed by atoms with Gasteiger partial charge in [0.2, 0.25) is 5.91 Å². The predicted molar refractivity (Wildman–Crippen MR) is 152 cm³/mol. The third kappa shape index (κ3) is 7.02. The molecule has 0 spiro atoms. The number of nitrogens with two attached hydrogens (primary N) is 1. The zero-order chi connectivity index (χ0) is 25.6. The number of amides is 2. The van der Waals surface area contributed by atoms with E-state index in [2.05, 4.69) is 27.7 Å². The van der Waals surface area contributed by atoms with Gasteiger partial charge >= 0.3 is 0 Å². The first kappa shape index (κ1) is 26.9. The number of likely N-dealkylation sites (tertiary alicyclic amines) is 1. The highest BCUT2D eigenvalue weighted by Gasteiger charge is 2.40. The molecule has 3 aliphatic rings. The lowest BCUT2D eigenvalue weighted by Gasteiger charge is -2.44. The number of nitrogens with zero attached hydrogens (tertiary/aromatic N) is 2. The van der Waals surface area contributed by atoms with Gasteiger partial charge in [-0.1, -0.05) is 31.4 Å². The number of hydrogen-bond donors (Lipinski definition) is 2. The molecule has 2 aromatic heterocycles. The zero-order valence-corrected chi connectivity index (χ0v) is 23.5. The highest BCUT2D eigenvalue weighted by Crippen LogP contribution is 2.31. The lowest BCUT2D eigenvalue weighted by Crippen LogP contribution is -2.58. The maximum absolute atomic E-state index is 13.8. The molecule has 8 heteroatoms. The molecule has 1 unspecified atom stereocenters. The van der Waals surface area contributed by atoms with E-state index in [4.69, 9.17) is 5.73 Å². The van der Waals surface area contributed by atoms with Gasteiger partial charge in [-0.3, -0.25) is 14.5 Å². The second-order valence-electron chi connectivity index (χ2n) is 11.3. The van der Waals surface area contributed by atoms with Gasteiger partial charge in [0.1, 0.15) is 6.04 Å². The summed E-state index contributed by atoms with van der Waals surface area (Å²) in [5.41, 5.74) is 6.10. The number of hydrogen-bond acceptors (Lipinski definition) is 6. The van der Waals surface area contributed by atoms with Crippen molar-refractivity contribution in [2.45, 2.75) is 101 Å². The Kier molecular flexibility index (Phi) is 9.34. The van der Waals surface area contributed by atoms with Crippen LogP contribution in [0.15, 0.2) is 35.0 Å². The number of nitrogens with one attached hydrogen (secondary N) is 1. The van der Waals surface area contributed by atoms with Crippen LogP contribution in [0.2, 0.25) is 0 Å². The highest BCUT2D eigenvalue weighted by molar-refractivity contribution is 7.12. The average Bonchev–Trinajstić information content (AvgIpc) is 3.64. The topological polar surface area (TPSA) is 78.7 Å². The van der Waals surface area contributed by atoms with Crippen LogP contribution < -0.4 is 11.1 Å². The molecule has 2 saturated carbocycles. The van der Waals surface area contributed by atoms with Crippen LogP contribution >= 0.6 is 22.7 Å². The number of carbonyl (C=O) groups excluding carboxylic acids is 2. The number of thiophene rings is 2. The van der Waals surface area contributed by atoms with Crippen molar-refractivity contribution in [2.75, 3.05) is 13.1 Å². The SMILES string of the molecule is NC1CCC(NC(=O)[C@H]2CC(N(Cc3cccs3)CC3CCCCC3)CCN2C(=O)c2cccs2)CC1. The van der Waals surface area contributed by atoms with Crippen LogP contribution in [0.5, 0.6) is 0 Å². The second kappa shape index (κ2) is 12.9. The fourth-order valence-electron chi connectivity index (χ4n) is 6.52. The molecule has 6 nitrogen and oxygen atoms in total. The van der Waals surface area contributed by atoms with E-state index in [1.54, 1.807) is 0 Å². The zero-order valence-electron chi connectivity index (χ0n) is 21.9. The van der Waals surface area contributed by atoms with Crippen molar-refractivity contribution in [1.29, 1.82) is 0 Å². The summed E-state index contributed by atoms with van der Waals surface area (Å²) in [7, 11) is 0. The van der Waals surface area contributed by atoms with Gasteiger partial charge in [-0.05, 0) is 80.2 Å². The third-order valence-electron chi connectivity index (χ3n) is 8.66. The van der Waals surface area contributed by atoms with Crippen LogP contribution in [-0.2, 0) is 11.3 Å². The van der Waals surface area contributed by atoms with E-state index in [1.807, 2.05) is 33.7 Å². The van der Waals surface area contributed by atoms with Gasteiger partial charge in [0.05, 0.1) is 4.88 Å². The highest BCUT2D eigenvalue weighted by atomic mass is 32.1. The fraction of sp³-hybridized carbons (Fsp3) is 0.655. The van der Waals surface area contributed by atoms with E-state index < -0.39 is 6.04 Å². The lowest BCUT2D eigenvalue weighted by atomic mass is 9.87. The van der Waals surface area contributed by atoms with Gasteiger partial charge in [0, 0.05) is 42.6 Å². The van der Waals surface area contributed by atoms with Crippen molar-refractivity contribution in [2.24, 2.45) is 11.7 Å². The normalized spacial score (nSPS) is 27.4. The first-order chi connectivity index (χ1) is 18.1. The quantitative estimate of drug-likeness (QED) is 0.478. The molecule has 2 atom stereocenters. The molecular formula is C29H42N4O2S2. The van der Waals surface area contributed by atoms with Gasteiger partial charge < -0.3 is 16.0 Å². The smallest absolute Gasteiger partial charge is 0.264 e. The fourth-order valence-corrected chi connectivity index (χ4v) is 7.93. The summed E-state index contributed by atoms with van der Waals surface area (Å²) in [5, 5.41) is 7.42. The minimum atomic E-state index is -0.429. The van der Waals surface area contributed by atoms with E-state index in [9.17, 15) is 9.59 Å². The number of piperidine rings is 1. The molecule has 0 radical (unpaired) electrons. The predicted octanol–water partition coefficient (Wildman–Crippen LogP) is 5.25. The van der Waals surface area contributed by atoms with Crippen molar-refractivity contribution in [1.82, 2.24) is 15.1 Å². The van der Waals surface area contributed by atoms with Crippen molar-refractivity contribution in [3.05, 3.63) is 44.8 Å². The van der Waals surface area contributed by atoms with Gasteiger partial charge in [0.25, 0.3) is 5.91 Å². The van der Waals surface area contributed by atoms with E-state index >= 15 is 0 Å². The van der Waals surface area contributed by atoms with Crippen LogP contribution in [0.1, 0.15) is 85.2 Å². The molecule has 0 aromatic carbocycles. The molecule has 202 valence electrons. The molecule has 1 saturated heterocycles. The molecule has 2 amide bonds. The second-order valence-corrected chi connectivity index (χ2v) is 13.3. The van der Waals surface area contributed by atoms with Gasteiger partial charge in [-0.2, -0.15) is 0 Å². The molecule has 2 aromatic rings. The minimum Gasteiger partial charge on any atom is -0.352 e. The van der Waals surface area contributed by atoms with Crippen LogP contribution in [-0.4, -0.2) is 58.9 Å². The molecule has 3 fully saturated rings. The Morgan fingerprint density at radius 2 is 1.73 bits per heavy atom. The standard InChI is InChI=1S/C29H42N4O2S2/c30-22-10-12-23(13-11-22)31-28(34)26-18-24(14-15-33(26)29(35)27-9-5-17-37-27)32(20-25-8-4-16-36-25)19-21-6-2-1-3-7-21/h4-5,8-9,16-17,21-24,26H,1-3,6-7,10-15,18-20,30H2,(H,31,34)/t22?,23?,24?,26-/m1/s1. The minimum absolute atomic E-state index is 0.00338. The summed E-state index contributed by atoms with van der Waals surface area (Å²) in [4.78, 5) is 33.9. The summed E-state index contributed by atoms with van der Waals surface area (Å²) in [6.07, 6.45) is 12.0. The Balaban J connectivity index is 1.33. The first-order valence-electron chi connectivity index (χ1n) is 14.2. The van der Waals surface area contributed by atoms with Gasteiger partial charge in [-0.25, -0.2) is 0 Å². The van der Waals surface area contributed by atoms with Crippen LogP contribution in [0.3, 0.4) is 0 Å². The summed E-state index contributed by atoms with van der Waals surface area (Å²) in [6.45, 7) is 2.66. The van der Waals surface area contributed by atoms with Gasteiger partial charge in [-0.15, -0.1) is 22.7 Å². The Bertz CT molecular complexity index is 982. The lowest BCUT2D eigenvalue weighted by molar-refractivity contribution is -0.128. The molecule has 0 bridgehead atoms. The first-order valence-corrected chi connectivity index (χ1v) is 16.0. The molecule has 3 N–H and O–H groups in total. The summed E-state index contributed by atoms with van der Waals surface area (Å²) in [5.74, 6) is 0.749. The van der Waals surface area contributed by atoms with Crippen molar-refractivity contribution in [3.8, 4) is 0 Å². The molecule has 1 aliphatic heterocycles. The maximum Gasteiger partial charge on any atom is 0.264 e. The average molecular weight is 543 g/mol. The Labute approximate surface area is 229 Å². The summed E-state index contributed by atoms with van der Waals surface area (Å²) >= 11 is 3.28. The molecular weight excluding hydrogens is 500 g/mol. The van der Waals surface area contributed by atoms with Crippen molar-refractivity contribution >= 4 is 34.5 Å². The Morgan fingerprint density at radius 1 is 0.973 bits per heavy atom. The molecule has 2 aliphatic carbocycles. The molecule has 5 rings (SSSR count). The van der Waals surface area contributed by atoms with Gasteiger partial charge in [0.15, 0.2) is 0 Å². The Morgan fingerprint density at radius 3 is 2.43 bits per heavy atom. The summed E-state index contributed by atoms with van der Waals surface area (Å²) < 4.78 is 0. The van der Waals surface area contributed by atoms with E-state index in [0.29, 0.717) is 19.0 Å². The van der Waals surface area contributed by atoms with E-state index in [0.717, 1.165) is 56.0 Å². The number of carbonyl (C=O) groups is 2. The van der Waals surface area contributed by atoms with Crippen LogP contribution in [0.4, 0.5) is 0 Å². The van der Waals surface area contributed by atoms with E-state index in [1.165, 1.54) is 48.3 Å². The largest absolute Gasteiger partial charge is 0.352 e. The van der Waals surface area contributed by atoms with Crippen LogP contribution in [0, 0.1) is 5.92 Å². The Hall–Kier alpha value is -1.74. The van der Waals surface area contributed by atoms with Crippen molar-refractivity contribution < 1.29 is 9.59 Å². The monoisotopic (exact) mass is 542 g/mol. The van der Waals surface area contributed by atoms with Crippen molar-refractivity contribution in [3.63, 3.8) is 0 Å². The van der Waals surface area contributed by atoms with E-state index in [-0.39, 0.29) is 23.9 Å². The van der Waals surface area contributed by atoms with Crippen LogP contribution in [0.25, 0.3) is 0 Å². The number of rotatable bonds is 8. The molecule has 3 heterocycles. The maximum atomic E-state index is 13.8.